The number of piperidine rings is 1. The van der Waals surface area contributed by atoms with Gasteiger partial charge in [0, 0.05) is 43.2 Å². The number of carbonyl (C=O) groups excluding carboxylic acids is 2. The van der Waals surface area contributed by atoms with Crippen molar-refractivity contribution in [3.63, 3.8) is 0 Å². The zero-order valence-electron chi connectivity index (χ0n) is 20.3. The average molecular weight is 533 g/mol. The minimum absolute atomic E-state index is 0.150. The van der Waals surface area contributed by atoms with Gasteiger partial charge in [-0.1, -0.05) is 35.9 Å². The highest BCUT2D eigenvalue weighted by Crippen LogP contribution is 2.41. The van der Waals surface area contributed by atoms with E-state index < -0.39 is 35.7 Å². The number of hydrazone groups is 1. The van der Waals surface area contributed by atoms with Gasteiger partial charge in [-0.15, -0.1) is 0 Å². The fourth-order valence-electron chi connectivity index (χ4n) is 5.29. The zero-order chi connectivity index (χ0) is 27.0. The number of amides is 2. The number of fused-ring (bicyclic) bond motifs is 1. The average Bonchev–Trinajstić information content (AvgIpc) is 3.07. The largest absolute Gasteiger partial charge is 0.415 e. The van der Waals surface area contributed by atoms with Crippen LogP contribution in [0.4, 0.5) is 22.0 Å². The molecule has 1 aliphatic carbocycles. The fourth-order valence-corrected chi connectivity index (χ4v) is 5.29. The number of allylic oxidation sites excluding steroid dienone is 6. The van der Waals surface area contributed by atoms with E-state index in [1.54, 1.807) is 34.1 Å². The monoisotopic (exact) mass is 532 g/mol. The van der Waals surface area contributed by atoms with Crippen molar-refractivity contribution in [3.05, 3.63) is 82.6 Å². The molecule has 0 saturated carbocycles. The van der Waals surface area contributed by atoms with E-state index >= 15 is 0 Å². The summed E-state index contributed by atoms with van der Waals surface area (Å²) in [6, 6.07) is 8.85. The molecule has 3 heterocycles. The Bertz CT molecular complexity index is 1290. The van der Waals surface area contributed by atoms with Gasteiger partial charge in [-0.2, -0.15) is 18.3 Å². The van der Waals surface area contributed by atoms with Crippen LogP contribution in [-0.2, 0) is 4.79 Å². The molecule has 1 aromatic carbocycles. The summed E-state index contributed by atoms with van der Waals surface area (Å²) < 4.78 is 67.7. The summed E-state index contributed by atoms with van der Waals surface area (Å²) in [4.78, 5) is 29.5. The van der Waals surface area contributed by atoms with Crippen molar-refractivity contribution in [2.45, 2.75) is 25.4 Å². The van der Waals surface area contributed by atoms with E-state index in [9.17, 15) is 31.5 Å². The van der Waals surface area contributed by atoms with Gasteiger partial charge < -0.3 is 9.80 Å². The molecular weight excluding hydrogens is 507 g/mol. The molecule has 0 radical (unpaired) electrons. The number of alkyl halides is 3. The number of nitrogens with one attached hydrogen (secondary N) is 1. The molecule has 1 saturated heterocycles. The summed E-state index contributed by atoms with van der Waals surface area (Å²) in [6.07, 6.45) is -1.16. The first kappa shape index (κ1) is 25.9. The molecule has 2 amide bonds. The summed E-state index contributed by atoms with van der Waals surface area (Å²) in [7, 11) is 0. The quantitative estimate of drug-likeness (QED) is 0.569. The first-order valence-corrected chi connectivity index (χ1v) is 12.3. The van der Waals surface area contributed by atoms with Gasteiger partial charge in [0.25, 0.3) is 11.8 Å². The molecule has 38 heavy (non-hydrogen) atoms. The third-order valence-electron chi connectivity index (χ3n) is 7.33. The third kappa shape index (κ3) is 5.14. The Kier molecular flexibility index (Phi) is 6.93. The van der Waals surface area contributed by atoms with Crippen LogP contribution in [0.2, 0.25) is 0 Å². The Morgan fingerprint density at radius 2 is 1.68 bits per heavy atom. The standard InChI is InChI=1S/C27H25F5N4O2/c28-22-7-6-18(13-21(23(22)29)27(30,31)32)16-8-10-35(11-9-16)26(38)24-19-12-20(33-34-24)15-36(14-19)25(37)17-4-2-1-3-5-17/h1-7,12,16,19,33H,8-11,13-15H2. The number of hydrogen-bond donors (Lipinski definition) is 1. The molecule has 3 aliphatic heterocycles. The second-order valence-corrected chi connectivity index (χ2v) is 9.75. The zero-order valence-corrected chi connectivity index (χ0v) is 20.3. The number of halogens is 5. The molecule has 1 fully saturated rings. The lowest BCUT2D eigenvalue weighted by Gasteiger charge is -2.38. The Hall–Kier alpha value is -3.76. The Balaban J connectivity index is 1.23. The maximum atomic E-state index is 14.0. The van der Waals surface area contributed by atoms with Crippen molar-refractivity contribution < 1.29 is 31.5 Å². The van der Waals surface area contributed by atoms with Crippen molar-refractivity contribution in [2.75, 3.05) is 26.2 Å². The maximum Gasteiger partial charge on any atom is 0.415 e. The Labute approximate surface area is 215 Å². The summed E-state index contributed by atoms with van der Waals surface area (Å²) in [5.41, 5.74) is 3.16. The normalized spacial score (nSPS) is 22.6. The smallest absolute Gasteiger partial charge is 0.337 e. The summed E-state index contributed by atoms with van der Waals surface area (Å²) >= 11 is 0. The lowest BCUT2D eigenvalue weighted by Crippen LogP contribution is -2.51. The molecule has 2 bridgehead atoms. The van der Waals surface area contributed by atoms with Crippen molar-refractivity contribution in [3.8, 4) is 0 Å². The highest BCUT2D eigenvalue weighted by molar-refractivity contribution is 6.40. The van der Waals surface area contributed by atoms with Crippen molar-refractivity contribution in [2.24, 2.45) is 16.9 Å². The Morgan fingerprint density at radius 3 is 2.37 bits per heavy atom. The lowest BCUT2D eigenvalue weighted by molar-refractivity contribution is -0.125. The van der Waals surface area contributed by atoms with Gasteiger partial charge in [-0.05, 0) is 37.0 Å². The van der Waals surface area contributed by atoms with Gasteiger partial charge in [0.1, 0.15) is 5.71 Å². The minimum Gasteiger partial charge on any atom is -0.337 e. The number of hydrogen-bond acceptors (Lipinski definition) is 4. The van der Waals surface area contributed by atoms with E-state index in [0.29, 0.717) is 37.1 Å². The molecule has 5 rings (SSSR count). The maximum absolute atomic E-state index is 14.0. The van der Waals surface area contributed by atoms with Crippen molar-refractivity contribution >= 4 is 17.5 Å². The van der Waals surface area contributed by atoms with Gasteiger partial charge in [0.15, 0.2) is 11.7 Å². The predicted molar refractivity (Wildman–Crippen MR) is 130 cm³/mol. The van der Waals surface area contributed by atoms with Crippen LogP contribution in [-0.4, -0.2) is 59.7 Å². The molecule has 4 aliphatic rings. The van der Waals surface area contributed by atoms with Gasteiger partial charge in [0.05, 0.1) is 12.1 Å². The second-order valence-electron chi connectivity index (χ2n) is 9.75. The van der Waals surface area contributed by atoms with Gasteiger partial charge >= 0.3 is 6.18 Å². The summed E-state index contributed by atoms with van der Waals surface area (Å²) in [5.74, 6) is -4.62. The van der Waals surface area contributed by atoms with Gasteiger partial charge in [-0.3, -0.25) is 15.0 Å². The topological polar surface area (TPSA) is 65.0 Å². The molecule has 11 heteroatoms. The predicted octanol–water partition coefficient (Wildman–Crippen LogP) is 4.81. The third-order valence-corrected chi connectivity index (χ3v) is 7.33. The first-order valence-electron chi connectivity index (χ1n) is 12.3. The van der Waals surface area contributed by atoms with Crippen molar-refractivity contribution in [1.82, 2.24) is 15.2 Å². The first-order chi connectivity index (χ1) is 18.1. The summed E-state index contributed by atoms with van der Waals surface area (Å²) in [6.45, 7) is 1.16. The lowest BCUT2D eigenvalue weighted by atomic mass is 9.85. The van der Waals surface area contributed by atoms with Crippen LogP contribution in [0.15, 0.2) is 82.2 Å². The summed E-state index contributed by atoms with van der Waals surface area (Å²) in [5, 5.41) is 4.27. The van der Waals surface area contributed by atoms with E-state index in [1.807, 2.05) is 12.1 Å². The van der Waals surface area contributed by atoms with E-state index in [1.165, 1.54) is 6.08 Å². The molecular formula is C27H25F5N4O2. The fraction of sp³-hybridized carbons (Fsp3) is 0.370. The number of carbonyl (C=O) groups is 2. The van der Waals surface area contributed by atoms with Crippen LogP contribution < -0.4 is 5.43 Å². The van der Waals surface area contributed by atoms with Crippen LogP contribution in [0.1, 0.15) is 29.6 Å². The van der Waals surface area contributed by atoms with E-state index in [-0.39, 0.29) is 36.5 Å². The Morgan fingerprint density at radius 1 is 0.974 bits per heavy atom. The number of rotatable bonds is 3. The van der Waals surface area contributed by atoms with Crippen LogP contribution in [0.25, 0.3) is 0 Å². The van der Waals surface area contributed by atoms with Crippen LogP contribution in [0.5, 0.6) is 0 Å². The highest BCUT2D eigenvalue weighted by atomic mass is 19.4. The van der Waals surface area contributed by atoms with Gasteiger partial charge in [0.2, 0.25) is 0 Å². The van der Waals surface area contributed by atoms with E-state index in [4.69, 9.17) is 0 Å². The van der Waals surface area contributed by atoms with Crippen LogP contribution in [0.3, 0.4) is 0 Å². The van der Waals surface area contributed by atoms with E-state index in [2.05, 4.69) is 10.5 Å². The molecule has 200 valence electrons. The SMILES string of the molecule is O=C(C1=NNC2=CC1CN(C(=O)c1ccccc1)C2)N1CCC(C2=CC=C(F)C(F)=C(C(F)(F)F)C2)CC1. The van der Waals surface area contributed by atoms with Crippen LogP contribution >= 0.6 is 0 Å². The molecule has 1 atom stereocenters. The molecule has 6 nitrogen and oxygen atoms in total. The number of benzene rings is 1. The molecule has 0 aromatic heterocycles. The molecule has 0 spiro atoms. The molecule has 1 unspecified atom stereocenters. The molecule has 1 N–H and O–H groups in total. The number of nitrogens with zero attached hydrogens (tertiary/aromatic N) is 3. The second kappa shape index (κ2) is 10.2. The molecule has 1 aromatic rings. The van der Waals surface area contributed by atoms with Gasteiger partial charge in [-0.25, -0.2) is 8.78 Å². The van der Waals surface area contributed by atoms with E-state index in [0.717, 1.165) is 11.8 Å². The highest BCUT2D eigenvalue weighted by Gasteiger charge is 2.41. The van der Waals surface area contributed by atoms with Crippen LogP contribution in [0, 0.1) is 11.8 Å². The van der Waals surface area contributed by atoms with Crippen molar-refractivity contribution in [1.29, 1.82) is 0 Å². The minimum atomic E-state index is -4.98. The number of likely N-dealkylation sites (tertiary alicyclic amines) is 1.